The van der Waals surface area contributed by atoms with Crippen molar-refractivity contribution in [3.05, 3.63) is 33.1 Å². The number of aromatic nitrogens is 1. The van der Waals surface area contributed by atoms with E-state index in [1.54, 1.807) is 7.11 Å². The van der Waals surface area contributed by atoms with Crippen LogP contribution >= 0.6 is 23.6 Å². The standard InChI is InChI=1S/C12H13NOS2/c1-3-8-4-5-11(14-2)9(6-8)10-7-16-12(15)13-10/h4-7H,3H2,1-2H3,(H,13,15). The Morgan fingerprint density at radius 3 is 2.81 bits per heavy atom. The summed E-state index contributed by atoms with van der Waals surface area (Å²) in [6.45, 7) is 2.14. The molecule has 4 heteroatoms. The van der Waals surface area contributed by atoms with Crippen molar-refractivity contribution in [2.45, 2.75) is 13.3 Å². The number of methoxy groups -OCH3 is 1. The molecule has 2 rings (SSSR count). The van der Waals surface area contributed by atoms with E-state index >= 15 is 0 Å². The SMILES string of the molecule is CCc1ccc(OC)c(-c2csc(=S)[nH]2)c1. The highest BCUT2D eigenvalue weighted by molar-refractivity contribution is 7.73. The van der Waals surface area contributed by atoms with Gasteiger partial charge in [-0.2, -0.15) is 0 Å². The molecule has 0 fully saturated rings. The normalized spacial score (nSPS) is 10.4. The van der Waals surface area contributed by atoms with E-state index in [4.69, 9.17) is 17.0 Å². The fraction of sp³-hybridized carbons (Fsp3) is 0.250. The van der Waals surface area contributed by atoms with Crippen molar-refractivity contribution in [2.24, 2.45) is 0 Å². The first-order valence-corrected chi connectivity index (χ1v) is 6.38. The van der Waals surface area contributed by atoms with E-state index in [-0.39, 0.29) is 0 Å². The van der Waals surface area contributed by atoms with E-state index in [9.17, 15) is 0 Å². The number of aryl methyl sites for hydroxylation is 1. The maximum absolute atomic E-state index is 5.36. The van der Waals surface area contributed by atoms with Gasteiger partial charge in [0, 0.05) is 10.9 Å². The zero-order chi connectivity index (χ0) is 11.5. The van der Waals surface area contributed by atoms with Gasteiger partial charge in [0.1, 0.15) is 5.75 Å². The van der Waals surface area contributed by atoms with Gasteiger partial charge in [0.2, 0.25) is 0 Å². The first-order valence-electron chi connectivity index (χ1n) is 5.09. The molecule has 0 aliphatic carbocycles. The van der Waals surface area contributed by atoms with Crippen molar-refractivity contribution in [3.63, 3.8) is 0 Å². The first kappa shape index (κ1) is 11.4. The molecule has 1 heterocycles. The van der Waals surface area contributed by atoms with Crippen LogP contribution in [0.2, 0.25) is 0 Å². The van der Waals surface area contributed by atoms with E-state index in [1.807, 2.05) is 11.4 Å². The highest BCUT2D eigenvalue weighted by Crippen LogP contribution is 2.31. The van der Waals surface area contributed by atoms with Crippen LogP contribution in [0.3, 0.4) is 0 Å². The molecule has 0 bridgehead atoms. The van der Waals surface area contributed by atoms with Crippen molar-refractivity contribution < 1.29 is 4.74 Å². The summed E-state index contributed by atoms with van der Waals surface area (Å²) < 4.78 is 6.15. The molecule has 2 nitrogen and oxygen atoms in total. The fourth-order valence-electron chi connectivity index (χ4n) is 1.60. The van der Waals surface area contributed by atoms with Crippen LogP contribution in [0.15, 0.2) is 23.6 Å². The van der Waals surface area contributed by atoms with E-state index in [0.29, 0.717) is 0 Å². The third kappa shape index (κ3) is 2.18. The van der Waals surface area contributed by atoms with Crippen LogP contribution in [0.4, 0.5) is 0 Å². The molecule has 1 N–H and O–H groups in total. The van der Waals surface area contributed by atoms with Gasteiger partial charge in [0.05, 0.1) is 12.8 Å². The highest BCUT2D eigenvalue weighted by Gasteiger charge is 2.07. The summed E-state index contributed by atoms with van der Waals surface area (Å²) >= 11 is 6.63. The van der Waals surface area contributed by atoms with Crippen LogP contribution in [0.5, 0.6) is 5.75 Å². The first-order chi connectivity index (χ1) is 7.74. The minimum Gasteiger partial charge on any atom is -0.496 e. The number of nitrogens with one attached hydrogen (secondary N) is 1. The Morgan fingerprint density at radius 1 is 1.44 bits per heavy atom. The van der Waals surface area contributed by atoms with Crippen molar-refractivity contribution in [3.8, 4) is 17.0 Å². The van der Waals surface area contributed by atoms with Gasteiger partial charge >= 0.3 is 0 Å². The van der Waals surface area contributed by atoms with Crippen molar-refractivity contribution in [1.82, 2.24) is 4.98 Å². The van der Waals surface area contributed by atoms with Crippen LogP contribution in [-0.2, 0) is 6.42 Å². The van der Waals surface area contributed by atoms with E-state index in [2.05, 4.69) is 24.0 Å². The van der Waals surface area contributed by atoms with E-state index in [0.717, 1.165) is 27.4 Å². The number of benzene rings is 1. The van der Waals surface area contributed by atoms with Crippen LogP contribution in [-0.4, -0.2) is 12.1 Å². The second kappa shape index (κ2) is 4.80. The lowest BCUT2D eigenvalue weighted by molar-refractivity contribution is 0.416. The highest BCUT2D eigenvalue weighted by atomic mass is 32.1. The monoisotopic (exact) mass is 251 g/mol. The largest absolute Gasteiger partial charge is 0.496 e. The molecule has 0 aliphatic rings. The summed E-state index contributed by atoms with van der Waals surface area (Å²) in [5.74, 6) is 0.876. The zero-order valence-electron chi connectivity index (χ0n) is 9.24. The van der Waals surface area contributed by atoms with Gasteiger partial charge in [-0.25, -0.2) is 0 Å². The molecule has 2 aromatic rings. The summed E-state index contributed by atoms with van der Waals surface area (Å²) in [5.41, 5.74) is 3.40. The lowest BCUT2D eigenvalue weighted by Crippen LogP contribution is -1.90. The Kier molecular flexibility index (Phi) is 3.41. The Bertz CT molecular complexity index is 542. The van der Waals surface area contributed by atoms with Gasteiger partial charge in [-0.05, 0) is 36.3 Å². The molecule has 0 spiro atoms. The number of thiazole rings is 1. The second-order valence-corrected chi connectivity index (χ2v) is 5.00. The molecule has 16 heavy (non-hydrogen) atoms. The molecular formula is C12H13NOS2. The molecular weight excluding hydrogens is 238 g/mol. The lowest BCUT2D eigenvalue weighted by atomic mass is 10.1. The summed E-state index contributed by atoms with van der Waals surface area (Å²) in [4.78, 5) is 3.17. The molecule has 0 saturated carbocycles. The minimum absolute atomic E-state index is 0.791. The Hall–Kier alpha value is -1.13. The van der Waals surface area contributed by atoms with Crippen molar-refractivity contribution in [1.29, 1.82) is 0 Å². The molecule has 1 aromatic heterocycles. The fourth-order valence-corrected chi connectivity index (χ4v) is 2.43. The number of ether oxygens (including phenoxy) is 1. The van der Waals surface area contributed by atoms with Crippen molar-refractivity contribution >= 4 is 23.6 Å². The Labute approximate surface area is 104 Å². The predicted molar refractivity (Wildman–Crippen MR) is 70.9 cm³/mol. The van der Waals surface area contributed by atoms with Gasteiger partial charge in [-0.1, -0.05) is 13.0 Å². The maximum Gasteiger partial charge on any atom is 0.158 e. The van der Waals surface area contributed by atoms with E-state index in [1.165, 1.54) is 16.9 Å². The summed E-state index contributed by atoms with van der Waals surface area (Å²) in [6, 6.07) is 6.23. The number of aromatic amines is 1. The van der Waals surface area contributed by atoms with Crippen molar-refractivity contribution in [2.75, 3.05) is 7.11 Å². The number of hydrogen-bond acceptors (Lipinski definition) is 3. The zero-order valence-corrected chi connectivity index (χ0v) is 10.9. The minimum atomic E-state index is 0.791. The van der Waals surface area contributed by atoms with Crippen LogP contribution in [0.25, 0.3) is 11.3 Å². The lowest BCUT2D eigenvalue weighted by Gasteiger charge is -2.08. The summed E-state index contributed by atoms with van der Waals surface area (Å²) in [6.07, 6.45) is 1.02. The Balaban J connectivity index is 2.56. The molecule has 0 radical (unpaired) electrons. The molecule has 0 unspecified atom stereocenters. The maximum atomic E-state index is 5.36. The average molecular weight is 251 g/mol. The van der Waals surface area contributed by atoms with Crippen LogP contribution < -0.4 is 4.74 Å². The van der Waals surface area contributed by atoms with Crippen LogP contribution in [0, 0.1) is 3.95 Å². The predicted octanol–water partition coefficient (Wildman–Crippen LogP) is 4.04. The smallest absolute Gasteiger partial charge is 0.158 e. The number of H-pyrrole nitrogens is 1. The summed E-state index contributed by atoms with van der Waals surface area (Å²) in [5, 5.41) is 2.03. The number of rotatable bonds is 3. The van der Waals surface area contributed by atoms with E-state index < -0.39 is 0 Å². The quantitative estimate of drug-likeness (QED) is 0.833. The molecule has 0 aliphatic heterocycles. The molecule has 0 amide bonds. The molecule has 0 atom stereocenters. The third-order valence-electron chi connectivity index (χ3n) is 2.48. The average Bonchev–Trinajstić information content (AvgIpc) is 2.75. The molecule has 1 aromatic carbocycles. The second-order valence-electron chi connectivity index (χ2n) is 3.45. The number of hydrogen-bond donors (Lipinski definition) is 1. The molecule has 84 valence electrons. The molecule has 0 saturated heterocycles. The van der Waals surface area contributed by atoms with Gasteiger partial charge in [0.15, 0.2) is 3.95 Å². The topological polar surface area (TPSA) is 25.0 Å². The van der Waals surface area contributed by atoms with Gasteiger partial charge in [0.25, 0.3) is 0 Å². The Morgan fingerprint density at radius 2 is 2.25 bits per heavy atom. The van der Waals surface area contributed by atoms with Crippen LogP contribution in [0.1, 0.15) is 12.5 Å². The van der Waals surface area contributed by atoms with Gasteiger partial charge in [-0.3, -0.25) is 0 Å². The summed E-state index contributed by atoms with van der Waals surface area (Å²) in [7, 11) is 1.69. The van der Waals surface area contributed by atoms with Gasteiger partial charge in [-0.15, -0.1) is 11.3 Å². The van der Waals surface area contributed by atoms with Gasteiger partial charge < -0.3 is 9.72 Å². The third-order valence-corrected chi connectivity index (χ3v) is 3.54.